The minimum Gasteiger partial charge on any atom is -0.491 e. The second-order valence-electron chi connectivity index (χ2n) is 3.37. The number of carbonyl (C=O) groups is 2. The summed E-state index contributed by atoms with van der Waals surface area (Å²) in [4.78, 5) is 26.7. The number of ether oxygens (including phenoxy) is 1. The van der Waals surface area contributed by atoms with Gasteiger partial charge in [-0.1, -0.05) is 0 Å². The third-order valence-corrected chi connectivity index (χ3v) is 2.18. The Kier molecular flexibility index (Phi) is 4.73. The molecule has 2 N–H and O–H groups in total. The molecule has 0 saturated carbocycles. The van der Waals surface area contributed by atoms with Crippen LogP contribution in [0.25, 0.3) is 0 Å². The minimum atomic E-state index is -1.23. The molecular weight excluding hydrogens is 243 g/mol. The fraction of sp³-hybridized carbons (Fsp3) is 0.364. The predicted molar refractivity (Wildman–Crippen MR) is 59.7 cm³/mol. The molecule has 0 saturated heterocycles. The fourth-order valence-corrected chi connectivity index (χ4v) is 1.31. The number of hydrogen-bond donors (Lipinski definition) is 2. The Hall–Kier alpha value is -2.02. The number of aromatic nitrogens is 1. The van der Waals surface area contributed by atoms with Crippen LogP contribution < -0.4 is 5.32 Å². The third kappa shape index (κ3) is 3.01. The number of rotatable bonds is 5. The van der Waals surface area contributed by atoms with Gasteiger partial charge < -0.3 is 15.2 Å². The summed E-state index contributed by atoms with van der Waals surface area (Å²) in [6, 6.07) is -0.412. The van der Waals surface area contributed by atoms with E-state index in [0.29, 0.717) is 0 Å². The molecule has 0 bridgehead atoms. The summed E-state index contributed by atoms with van der Waals surface area (Å²) < 4.78 is 17.8. The molecule has 0 aliphatic rings. The van der Waals surface area contributed by atoms with Crippen LogP contribution in [-0.4, -0.2) is 41.5 Å². The van der Waals surface area contributed by atoms with E-state index in [1.165, 1.54) is 7.05 Å². The highest BCUT2D eigenvalue weighted by Crippen LogP contribution is 2.14. The molecule has 18 heavy (non-hydrogen) atoms. The first kappa shape index (κ1) is 14.0. The van der Waals surface area contributed by atoms with Gasteiger partial charge in [-0.25, -0.2) is 14.2 Å². The van der Waals surface area contributed by atoms with E-state index >= 15 is 0 Å². The number of ketones is 1. The van der Waals surface area contributed by atoms with Crippen LogP contribution in [0, 0.1) is 5.82 Å². The van der Waals surface area contributed by atoms with E-state index in [2.05, 4.69) is 10.3 Å². The lowest BCUT2D eigenvalue weighted by Crippen LogP contribution is -2.42. The van der Waals surface area contributed by atoms with Crippen LogP contribution in [0.4, 0.5) is 4.39 Å². The number of esters is 1. The number of hydrogen-bond acceptors (Lipinski definition) is 6. The summed E-state index contributed by atoms with van der Waals surface area (Å²) in [6.45, 7) is 1.74. The highest BCUT2D eigenvalue weighted by Gasteiger charge is 2.28. The van der Waals surface area contributed by atoms with E-state index in [-0.39, 0.29) is 12.2 Å². The van der Waals surface area contributed by atoms with Crippen LogP contribution in [0.3, 0.4) is 0 Å². The largest absolute Gasteiger partial charge is 0.491 e. The van der Waals surface area contributed by atoms with E-state index in [0.717, 1.165) is 12.3 Å². The molecule has 0 aliphatic carbocycles. The Morgan fingerprint density at radius 3 is 2.78 bits per heavy atom. The first-order valence-electron chi connectivity index (χ1n) is 5.23. The van der Waals surface area contributed by atoms with Gasteiger partial charge in [-0.2, -0.15) is 0 Å². The molecule has 1 rings (SSSR count). The average Bonchev–Trinajstić information content (AvgIpc) is 2.33. The Balaban J connectivity index is 2.96. The monoisotopic (exact) mass is 256 g/mol. The maximum absolute atomic E-state index is 13.1. The summed E-state index contributed by atoms with van der Waals surface area (Å²) in [5.41, 5.74) is -0.127. The van der Waals surface area contributed by atoms with Gasteiger partial charge in [-0.15, -0.1) is 0 Å². The molecule has 7 heteroatoms. The normalized spacial score (nSPS) is 11.9. The van der Waals surface area contributed by atoms with Gasteiger partial charge in [0.05, 0.1) is 6.61 Å². The summed E-state index contributed by atoms with van der Waals surface area (Å²) in [5.74, 6) is -3.26. The second-order valence-corrected chi connectivity index (χ2v) is 3.37. The Bertz CT molecular complexity index is 464. The molecule has 1 heterocycles. The van der Waals surface area contributed by atoms with Crippen molar-refractivity contribution >= 4 is 11.8 Å². The molecule has 0 fully saturated rings. The van der Waals surface area contributed by atoms with Gasteiger partial charge in [0.2, 0.25) is 5.88 Å². The third-order valence-electron chi connectivity index (χ3n) is 2.18. The van der Waals surface area contributed by atoms with Gasteiger partial charge in [-0.3, -0.25) is 4.79 Å². The van der Waals surface area contributed by atoms with Crippen molar-refractivity contribution in [3.05, 3.63) is 23.6 Å². The molecule has 1 unspecified atom stereocenters. The number of aromatic hydroxyl groups is 1. The summed E-state index contributed by atoms with van der Waals surface area (Å²) in [7, 11) is 1.41. The Labute approximate surface area is 103 Å². The number of carbonyl (C=O) groups excluding carboxylic acids is 2. The van der Waals surface area contributed by atoms with Crippen LogP contribution in [0.15, 0.2) is 12.3 Å². The molecule has 1 atom stereocenters. The van der Waals surface area contributed by atoms with E-state index in [9.17, 15) is 14.0 Å². The fourth-order valence-electron chi connectivity index (χ4n) is 1.31. The molecule has 0 aliphatic heterocycles. The first-order chi connectivity index (χ1) is 8.51. The van der Waals surface area contributed by atoms with Gasteiger partial charge in [0.25, 0.3) is 0 Å². The second kappa shape index (κ2) is 6.06. The van der Waals surface area contributed by atoms with Gasteiger partial charge in [0.15, 0.2) is 17.6 Å². The minimum absolute atomic E-state index is 0.127. The zero-order chi connectivity index (χ0) is 13.7. The number of pyridine rings is 1. The molecule has 0 radical (unpaired) electrons. The van der Waals surface area contributed by atoms with Crippen LogP contribution >= 0.6 is 0 Å². The van der Waals surface area contributed by atoms with E-state index in [1.54, 1.807) is 6.92 Å². The van der Waals surface area contributed by atoms with Gasteiger partial charge in [0, 0.05) is 11.8 Å². The SMILES string of the molecule is CCOC(=O)C(NC)C(=O)c1cnc(O)c(F)c1. The number of nitrogens with one attached hydrogen (secondary N) is 1. The molecule has 0 spiro atoms. The van der Waals surface area contributed by atoms with E-state index in [1.807, 2.05) is 0 Å². The summed E-state index contributed by atoms with van der Waals surface area (Å²) in [5, 5.41) is 11.4. The van der Waals surface area contributed by atoms with E-state index in [4.69, 9.17) is 9.84 Å². The van der Waals surface area contributed by atoms with Crippen molar-refractivity contribution in [1.29, 1.82) is 0 Å². The topological polar surface area (TPSA) is 88.5 Å². The van der Waals surface area contributed by atoms with Crippen molar-refractivity contribution in [2.24, 2.45) is 0 Å². The molecular formula is C11H13FN2O4. The van der Waals surface area contributed by atoms with Crippen molar-refractivity contribution in [3.8, 4) is 5.88 Å². The number of Topliss-reactive ketones (excluding diaryl/α,β-unsaturated/α-hetero) is 1. The predicted octanol–water partition coefficient (Wildman–Crippen LogP) is 0.260. The van der Waals surface area contributed by atoms with Crippen LogP contribution in [0.1, 0.15) is 17.3 Å². The van der Waals surface area contributed by atoms with Gasteiger partial charge in [-0.05, 0) is 20.0 Å². The number of likely N-dealkylation sites (N-methyl/N-ethyl adjacent to an activating group) is 1. The van der Waals surface area contributed by atoms with Crippen molar-refractivity contribution in [2.75, 3.05) is 13.7 Å². The van der Waals surface area contributed by atoms with Gasteiger partial charge in [0.1, 0.15) is 0 Å². The zero-order valence-electron chi connectivity index (χ0n) is 9.94. The molecule has 1 aromatic heterocycles. The van der Waals surface area contributed by atoms with Crippen molar-refractivity contribution < 1.29 is 23.8 Å². The number of nitrogens with zero attached hydrogens (tertiary/aromatic N) is 1. The molecule has 1 aromatic rings. The molecule has 6 nitrogen and oxygen atoms in total. The summed E-state index contributed by atoms with van der Waals surface area (Å²) in [6.07, 6.45) is 0.990. The van der Waals surface area contributed by atoms with Crippen molar-refractivity contribution in [1.82, 2.24) is 10.3 Å². The lowest BCUT2D eigenvalue weighted by molar-refractivity contribution is -0.144. The molecule has 0 aromatic carbocycles. The number of halogens is 1. The van der Waals surface area contributed by atoms with Crippen LogP contribution in [-0.2, 0) is 9.53 Å². The van der Waals surface area contributed by atoms with Crippen LogP contribution in [0.2, 0.25) is 0 Å². The Morgan fingerprint density at radius 1 is 1.61 bits per heavy atom. The molecule has 0 amide bonds. The molecule has 98 valence electrons. The van der Waals surface area contributed by atoms with E-state index < -0.39 is 29.5 Å². The standard InChI is InChI=1S/C11H13FN2O4/c1-3-18-11(17)8(13-2)9(15)6-4-7(12)10(16)14-5-6/h4-5,8,13H,3H2,1-2H3,(H,14,16). The Morgan fingerprint density at radius 2 is 2.28 bits per heavy atom. The van der Waals surface area contributed by atoms with Crippen molar-refractivity contribution in [2.45, 2.75) is 13.0 Å². The van der Waals surface area contributed by atoms with Gasteiger partial charge >= 0.3 is 5.97 Å². The average molecular weight is 256 g/mol. The highest BCUT2D eigenvalue weighted by molar-refractivity contribution is 6.11. The smallest absolute Gasteiger partial charge is 0.331 e. The quantitative estimate of drug-likeness (QED) is 0.446. The maximum Gasteiger partial charge on any atom is 0.331 e. The van der Waals surface area contributed by atoms with Crippen LogP contribution in [0.5, 0.6) is 5.88 Å². The summed E-state index contributed by atoms with van der Waals surface area (Å²) >= 11 is 0. The highest BCUT2D eigenvalue weighted by atomic mass is 19.1. The lowest BCUT2D eigenvalue weighted by atomic mass is 10.1. The first-order valence-corrected chi connectivity index (χ1v) is 5.23. The lowest BCUT2D eigenvalue weighted by Gasteiger charge is -2.13. The van der Waals surface area contributed by atoms with Crippen molar-refractivity contribution in [3.63, 3.8) is 0 Å². The maximum atomic E-state index is 13.1. The zero-order valence-corrected chi connectivity index (χ0v) is 9.94.